The molecule has 0 saturated heterocycles. The van der Waals surface area contributed by atoms with Gasteiger partial charge >= 0.3 is 0 Å². The highest BCUT2D eigenvalue weighted by Gasteiger charge is 2.13. The molecule has 2 rings (SSSR count). The van der Waals surface area contributed by atoms with Gasteiger partial charge in [0.05, 0.1) is 17.1 Å². The number of aromatic nitrogens is 1. The lowest BCUT2D eigenvalue weighted by Crippen LogP contribution is -2.24. The minimum atomic E-state index is 0.0141. The van der Waals surface area contributed by atoms with Crippen molar-refractivity contribution in [3.8, 4) is 0 Å². The standard InChI is InChI=1S/C17H22N2OS/c1-12-19-15(11-21-12)9-16(20)18-10-13-5-7-14(8-6-13)17(2,3)4/h5-8,11H,9-10H2,1-4H3,(H,18,20). The minimum absolute atomic E-state index is 0.0141. The second kappa shape index (κ2) is 6.39. The van der Waals surface area contributed by atoms with E-state index in [4.69, 9.17) is 0 Å². The Labute approximate surface area is 130 Å². The van der Waals surface area contributed by atoms with Gasteiger partial charge in [-0.2, -0.15) is 0 Å². The molecule has 1 amide bonds. The number of hydrogen-bond donors (Lipinski definition) is 1. The number of thiazole rings is 1. The summed E-state index contributed by atoms with van der Waals surface area (Å²) < 4.78 is 0. The molecule has 3 nitrogen and oxygen atoms in total. The molecule has 0 radical (unpaired) electrons. The number of hydrogen-bond acceptors (Lipinski definition) is 3. The van der Waals surface area contributed by atoms with Gasteiger partial charge in [-0.05, 0) is 23.5 Å². The van der Waals surface area contributed by atoms with Crippen molar-refractivity contribution in [2.45, 2.75) is 46.1 Å². The molecule has 2 aromatic rings. The van der Waals surface area contributed by atoms with E-state index < -0.39 is 0 Å². The molecule has 0 unspecified atom stereocenters. The Hall–Kier alpha value is -1.68. The van der Waals surface area contributed by atoms with Crippen LogP contribution in [0.25, 0.3) is 0 Å². The van der Waals surface area contributed by atoms with Crippen molar-refractivity contribution in [2.24, 2.45) is 0 Å². The molecular weight excluding hydrogens is 280 g/mol. The molecule has 1 aromatic carbocycles. The first-order chi connectivity index (χ1) is 9.84. The normalized spacial score (nSPS) is 11.4. The van der Waals surface area contributed by atoms with Gasteiger partial charge in [-0.1, -0.05) is 45.0 Å². The highest BCUT2D eigenvalue weighted by atomic mass is 32.1. The molecule has 1 heterocycles. The number of rotatable bonds is 4. The largest absolute Gasteiger partial charge is 0.352 e. The summed E-state index contributed by atoms with van der Waals surface area (Å²) in [4.78, 5) is 16.2. The second-order valence-electron chi connectivity index (χ2n) is 6.26. The number of amides is 1. The fourth-order valence-electron chi connectivity index (χ4n) is 2.04. The number of benzene rings is 1. The minimum Gasteiger partial charge on any atom is -0.352 e. The number of aryl methyl sites for hydroxylation is 1. The van der Waals surface area contributed by atoms with Crippen LogP contribution < -0.4 is 5.32 Å². The van der Waals surface area contributed by atoms with Gasteiger partial charge in [0.15, 0.2) is 0 Å². The Balaban J connectivity index is 1.86. The molecule has 0 aliphatic carbocycles. The first kappa shape index (κ1) is 15.7. The Morgan fingerprint density at radius 1 is 1.24 bits per heavy atom. The van der Waals surface area contributed by atoms with E-state index in [1.165, 1.54) is 5.56 Å². The van der Waals surface area contributed by atoms with E-state index >= 15 is 0 Å². The van der Waals surface area contributed by atoms with Crippen LogP contribution in [0.1, 0.15) is 42.6 Å². The highest BCUT2D eigenvalue weighted by Crippen LogP contribution is 2.22. The summed E-state index contributed by atoms with van der Waals surface area (Å²) >= 11 is 1.57. The van der Waals surface area contributed by atoms with Gasteiger partial charge in [-0.25, -0.2) is 4.98 Å². The number of nitrogens with one attached hydrogen (secondary N) is 1. The van der Waals surface area contributed by atoms with Gasteiger partial charge in [0.25, 0.3) is 0 Å². The lowest BCUT2D eigenvalue weighted by atomic mass is 9.87. The molecular formula is C17H22N2OS. The molecule has 1 N–H and O–H groups in total. The van der Waals surface area contributed by atoms with Crippen molar-refractivity contribution in [1.29, 1.82) is 0 Å². The summed E-state index contributed by atoms with van der Waals surface area (Å²) in [5.74, 6) is 0.0141. The van der Waals surface area contributed by atoms with E-state index in [1.54, 1.807) is 11.3 Å². The van der Waals surface area contributed by atoms with E-state index in [9.17, 15) is 4.79 Å². The average molecular weight is 302 g/mol. The maximum atomic E-state index is 11.9. The predicted octanol–water partition coefficient (Wildman–Crippen LogP) is 3.61. The second-order valence-corrected chi connectivity index (χ2v) is 7.32. The van der Waals surface area contributed by atoms with E-state index in [0.717, 1.165) is 16.3 Å². The fraction of sp³-hybridized carbons (Fsp3) is 0.412. The number of carbonyl (C=O) groups excluding carboxylic acids is 1. The van der Waals surface area contributed by atoms with Crippen molar-refractivity contribution in [2.75, 3.05) is 0 Å². The zero-order chi connectivity index (χ0) is 15.5. The third-order valence-corrected chi connectivity index (χ3v) is 4.14. The van der Waals surface area contributed by atoms with Gasteiger partial charge in [0, 0.05) is 11.9 Å². The van der Waals surface area contributed by atoms with Crippen molar-refractivity contribution in [3.05, 3.63) is 51.5 Å². The predicted molar refractivity (Wildman–Crippen MR) is 87.5 cm³/mol. The molecule has 0 atom stereocenters. The van der Waals surface area contributed by atoms with Crippen LogP contribution in [0.2, 0.25) is 0 Å². The monoisotopic (exact) mass is 302 g/mol. The smallest absolute Gasteiger partial charge is 0.226 e. The number of carbonyl (C=O) groups is 1. The summed E-state index contributed by atoms with van der Waals surface area (Å²) in [7, 11) is 0. The van der Waals surface area contributed by atoms with Gasteiger partial charge < -0.3 is 5.32 Å². The van der Waals surface area contributed by atoms with Crippen molar-refractivity contribution < 1.29 is 4.79 Å². The van der Waals surface area contributed by atoms with Gasteiger partial charge in [-0.15, -0.1) is 11.3 Å². The SMILES string of the molecule is Cc1nc(CC(=O)NCc2ccc(C(C)(C)C)cc2)cs1. The van der Waals surface area contributed by atoms with E-state index in [1.807, 2.05) is 12.3 Å². The number of nitrogens with zero attached hydrogens (tertiary/aromatic N) is 1. The van der Waals surface area contributed by atoms with Crippen LogP contribution in [0.15, 0.2) is 29.6 Å². The van der Waals surface area contributed by atoms with Crippen LogP contribution in [0.3, 0.4) is 0 Å². The molecule has 0 saturated carbocycles. The van der Waals surface area contributed by atoms with Crippen LogP contribution in [-0.4, -0.2) is 10.9 Å². The van der Waals surface area contributed by atoms with E-state index in [0.29, 0.717) is 13.0 Å². The lowest BCUT2D eigenvalue weighted by molar-refractivity contribution is -0.120. The maximum absolute atomic E-state index is 11.9. The summed E-state index contributed by atoms with van der Waals surface area (Å²) in [6.45, 7) is 9.09. The topological polar surface area (TPSA) is 42.0 Å². The molecule has 0 fully saturated rings. The Morgan fingerprint density at radius 2 is 1.90 bits per heavy atom. The summed E-state index contributed by atoms with van der Waals surface area (Å²) in [6, 6.07) is 8.41. The Morgan fingerprint density at radius 3 is 2.43 bits per heavy atom. The molecule has 1 aromatic heterocycles. The summed E-state index contributed by atoms with van der Waals surface area (Å²) in [5, 5.41) is 5.87. The summed E-state index contributed by atoms with van der Waals surface area (Å²) in [5.41, 5.74) is 3.42. The Kier molecular flexibility index (Phi) is 4.78. The first-order valence-corrected chi connectivity index (χ1v) is 8.00. The Bertz CT molecular complexity index is 608. The van der Waals surface area contributed by atoms with Gasteiger partial charge in [0.1, 0.15) is 0 Å². The third-order valence-electron chi connectivity index (χ3n) is 3.32. The fourth-order valence-corrected chi connectivity index (χ4v) is 2.65. The van der Waals surface area contributed by atoms with Crippen LogP contribution in [0.5, 0.6) is 0 Å². The van der Waals surface area contributed by atoms with Gasteiger partial charge in [-0.3, -0.25) is 4.79 Å². The third kappa shape index (κ3) is 4.67. The zero-order valence-electron chi connectivity index (χ0n) is 13.1. The van der Waals surface area contributed by atoms with E-state index in [-0.39, 0.29) is 11.3 Å². The van der Waals surface area contributed by atoms with Crippen LogP contribution in [0.4, 0.5) is 0 Å². The van der Waals surface area contributed by atoms with Crippen LogP contribution >= 0.6 is 11.3 Å². The van der Waals surface area contributed by atoms with Crippen molar-refractivity contribution in [1.82, 2.24) is 10.3 Å². The molecule has 4 heteroatoms. The quantitative estimate of drug-likeness (QED) is 0.937. The zero-order valence-corrected chi connectivity index (χ0v) is 13.9. The molecule has 0 bridgehead atoms. The molecule has 21 heavy (non-hydrogen) atoms. The average Bonchev–Trinajstić information content (AvgIpc) is 2.81. The van der Waals surface area contributed by atoms with Crippen molar-refractivity contribution >= 4 is 17.2 Å². The highest BCUT2D eigenvalue weighted by molar-refractivity contribution is 7.09. The molecule has 0 spiro atoms. The molecule has 0 aliphatic rings. The maximum Gasteiger partial charge on any atom is 0.226 e. The molecule has 112 valence electrons. The van der Waals surface area contributed by atoms with Crippen LogP contribution in [0, 0.1) is 6.92 Å². The van der Waals surface area contributed by atoms with Gasteiger partial charge in [0.2, 0.25) is 5.91 Å². The first-order valence-electron chi connectivity index (χ1n) is 7.12. The lowest BCUT2D eigenvalue weighted by Gasteiger charge is -2.19. The van der Waals surface area contributed by atoms with Crippen LogP contribution in [-0.2, 0) is 23.2 Å². The van der Waals surface area contributed by atoms with E-state index in [2.05, 4.69) is 55.3 Å². The summed E-state index contributed by atoms with van der Waals surface area (Å²) in [6.07, 6.45) is 0.352. The van der Waals surface area contributed by atoms with Crippen molar-refractivity contribution in [3.63, 3.8) is 0 Å². The molecule has 0 aliphatic heterocycles.